The molecule has 0 aliphatic carbocycles. The zero-order chi connectivity index (χ0) is 21.0. The number of nitrogens with zero attached hydrogens (tertiary/aromatic N) is 2. The van der Waals surface area contributed by atoms with Gasteiger partial charge in [0.25, 0.3) is 5.91 Å². The fourth-order valence-corrected chi connectivity index (χ4v) is 4.66. The molecule has 2 aromatic carbocycles. The Balaban J connectivity index is 2.15. The Morgan fingerprint density at radius 2 is 2.00 bits per heavy atom. The molecule has 29 heavy (non-hydrogen) atoms. The molecule has 8 heteroatoms. The van der Waals surface area contributed by atoms with Crippen LogP contribution in [-0.2, 0) is 9.67 Å². The second-order valence-electron chi connectivity index (χ2n) is 6.75. The third-order valence-corrected chi connectivity index (χ3v) is 6.23. The molecule has 0 fully saturated rings. The second kappa shape index (κ2) is 9.02. The lowest BCUT2D eigenvalue weighted by molar-refractivity contribution is -0.144. The van der Waals surface area contributed by atoms with E-state index in [1.165, 1.54) is 16.8 Å². The largest absolute Gasteiger partial charge is 0.383 e. The van der Waals surface area contributed by atoms with Crippen molar-refractivity contribution >= 4 is 22.7 Å². The van der Waals surface area contributed by atoms with Crippen molar-refractivity contribution in [2.45, 2.75) is 37.2 Å². The van der Waals surface area contributed by atoms with E-state index in [-0.39, 0.29) is 17.0 Å². The lowest BCUT2D eigenvalue weighted by atomic mass is 9.99. The highest BCUT2D eigenvalue weighted by Crippen LogP contribution is 2.50. The minimum absolute atomic E-state index is 0.0238. The summed E-state index contributed by atoms with van der Waals surface area (Å²) in [6.45, 7) is 2.07. The van der Waals surface area contributed by atoms with Gasteiger partial charge in [-0.15, -0.1) is 0 Å². The van der Waals surface area contributed by atoms with Gasteiger partial charge >= 0.3 is 0 Å². The van der Waals surface area contributed by atoms with Gasteiger partial charge in [0.1, 0.15) is 27.7 Å². The first kappa shape index (κ1) is 21.4. The molecule has 0 spiro atoms. The number of nitrogens with two attached hydrogens (primary N) is 1. The van der Waals surface area contributed by atoms with E-state index in [4.69, 9.17) is 5.73 Å². The highest BCUT2D eigenvalue weighted by atomic mass is 32.2. The van der Waals surface area contributed by atoms with Crippen molar-refractivity contribution in [1.29, 1.82) is 0 Å². The molecule has 2 atom stereocenters. The summed E-state index contributed by atoms with van der Waals surface area (Å²) in [5, 5.41) is 16.0. The molecule has 154 valence electrons. The van der Waals surface area contributed by atoms with Crippen LogP contribution in [0.2, 0.25) is 0 Å². The quantitative estimate of drug-likeness (QED) is 0.719. The minimum atomic E-state index is -1.25. The molecule has 1 amide bonds. The zero-order valence-electron chi connectivity index (χ0n) is 16.0. The first-order valence-corrected chi connectivity index (χ1v) is 10.3. The summed E-state index contributed by atoms with van der Waals surface area (Å²) in [6, 6.07) is 12.3. The Bertz CT molecular complexity index is 910. The molecule has 0 unspecified atom stereocenters. The van der Waals surface area contributed by atoms with Crippen molar-refractivity contribution in [3.05, 3.63) is 71.3 Å². The van der Waals surface area contributed by atoms with Gasteiger partial charge in [-0.05, 0) is 49.6 Å². The Labute approximate surface area is 172 Å². The molecule has 0 bridgehead atoms. The predicted octanol–water partition coefficient (Wildman–Crippen LogP) is 3.56. The molecular formula is C21H23F2N3O2S. The van der Waals surface area contributed by atoms with Gasteiger partial charge in [0.15, 0.2) is 0 Å². The molecule has 0 saturated carbocycles. The summed E-state index contributed by atoms with van der Waals surface area (Å²) in [6.07, 6.45) is -0.0369. The normalized spacial score (nSPS) is 19.9. The lowest BCUT2D eigenvalue weighted by Gasteiger charge is -2.36. The summed E-state index contributed by atoms with van der Waals surface area (Å²) < 4.78 is 28.2. The van der Waals surface area contributed by atoms with Gasteiger partial charge in [-0.3, -0.25) is 4.79 Å². The lowest BCUT2D eigenvalue weighted by Crippen LogP contribution is -2.46. The van der Waals surface area contributed by atoms with E-state index in [1.54, 1.807) is 6.92 Å². The van der Waals surface area contributed by atoms with Gasteiger partial charge in [-0.2, -0.15) is 5.10 Å². The van der Waals surface area contributed by atoms with Crippen LogP contribution in [0.15, 0.2) is 53.6 Å². The number of hydrogen-bond donors (Lipinski definition) is 2. The van der Waals surface area contributed by atoms with E-state index in [2.05, 4.69) is 5.10 Å². The zero-order valence-corrected chi connectivity index (χ0v) is 16.8. The van der Waals surface area contributed by atoms with E-state index in [0.29, 0.717) is 19.4 Å². The smallest absolute Gasteiger partial charge is 0.273 e. The maximum absolute atomic E-state index is 14.4. The van der Waals surface area contributed by atoms with Crippen LogP contribution in [0.4, 0.5) is 8.78 Å². The summed E-state index contributed by atoms with van der Waals surface area (Å²) in [5.41, 5.74) is 6.48. The summed E-state index contributed by atoms with van der Waals surface area (Å²) in [7, 11) is 0. The highest BCUT2D eigenvalue weighted by molar-refractivity contribution is 8.15. The van der Waals surface area contributed by atoms with Gasteiger partial charge in [0.05, 0.1) is 0 Å². The van der Waals surface area contributed by atoms with Crippen molar-refractivity contribution in [1.82, 2.24) is 5.01 Å². The number of amides is 1. The van der Waals surface area contributed by atoms with Crippen LogP contribution >= 0.6 is 11.8 Å². The Morgan fingerprint density at radius 1 is 1.28 bits per heavy atom. The Kier molecular flexibility index (Phi) is 6.66. The number of hydrazone groups is 1. The number of thioether (sulfide) groups is 1. The summed E-state index contributed by atoms with van der Waals surface area (Å²) in [5.74, 6) is -1.83. The maximum atomic E-state index is 14.4. The molecule has 0 radical (unpaired) electrons. The average Bonchev–Trinajstić information content (AvgIpc) is 3.14. The van der Waals surface area contributed by atoms with Crippen molar-refractivity contribution in [3.63, 3.8) is 0 Å². The summed E-state index contributed by atoms with van der Waals surface area (Å²) in [4.78, 5) is 12.0. The molecule has 0 saturated heterocycles. The van der Waals surface area contributed by atoms with Crippen LogP contribution in [0.1, 0.15) is 37.3 Å². The third-order valence-electron chi connectivity index (χ3n) is 4.78. The average molecular weight is 419 g/mol. The van der Waals surface area contributed by atoms with Gasteiger partial charge in [0, 0.05) is 5.56 Å². The second-order valence-corrected chi connectivity index (χ2v) is 8.01. The van der Waals surface area contributed by atoms with Gasteiger partial charge in [-0.1, -0.05) is 49.0 Å². The SMILES string of the molecule is CC[C@H](O)C(=O)N1N=C(c2cc(F)ccc2F)S[C@]1(CCCN)c1ccccc1. The van der Waals surface area contributed by atoms with Gasteiger partial charge in [0.2, 0.25) is 0 Å². The highest BCUT2D eigenvalue weighted by Gasteiger charge is 2.49. The first-order valence-electron chi connectivity index (χ1n) is 9.43. The topological polar surface area (TPSA) is 78.9 Å². The number of hydrogen-bond acceptors (Lipinski definition) is 5. The van der Waals surface area contributed by atoms with Crippen LogP contribution in [0.5, 0.6) is 0 Å². The molecule has 1 aliphatic heterocycles. The van der Waals surface area contributed by atoms with Crippen molar-refractivity contribution in [2.24, 2.45) is 10.8 Å². The molecular weight excluding hydrogens is 396 g/mol. The Hall–Kier alpha value is -2.29. The van der Waals surface area contributed by atoms with E-state index < -0.39 is 28.5 Å². The fraction of sp³-hybridized carbons (Fsp3) is 0.333. The number of benzene rings is 2. The Morgan fingerprint density at radius 3 is 2.66 bits per heavy atom. The van der Waals surface area contributed by atoms with Crippen LogP contribution in [0.3, 0.4) is 0 Å². The van der Waals surface area contributed by atoms with Crippen LogP contribution in [0.25, 0.3) is 0 Å². The standard InChI is InChI=1S/C21H23F2N3O2S/c1-2-18(27)20(28)26-21(11-6-12-24,14-7-4-3-5-8-14)29-19(25-26)16-13-15(22)9-10-17(16)23/h3-5,7-10,13,18,27H,2,6,11-12,24H2,1H3/t18-,21+/m0/s1. The number of rotatable bonds is 7. The van der Waals surface area contributed by atoms with Crippen LogP contribution in [0, 0.1) is 11.6 Å². The fourth-order valence-electron chi connectivity index (χ4n) is 3.23. The maximum Gasteiger partial charge on any atom is 0.273 e. The molecule has 5 nitrogen and oxygen atoms in total. The van der Waals surface area contributed by atoms with E-state index in [0.717, 1.165) is 23.8 Å². The van der Waals surface area contributed by atoms with Crippen LogP contribution < -0.4 is 5.73 Å². The molecule has 1 aliphatic rings. The van der Waals surface area contributed by atoms with E-state index in [1.807, 2.05) is 30.3 Å². The van der Waals surface area contributed by atoms with Crippen molar-refractivity contribution < 1.29 is 18.7 Å². The van der Waals surface area contributed by atoms with Crippen molar-refractivity contribution in [3.8, 4) is 0 Å². The molecule has 1 heterocycles. The van der Waals surface area contributed by atoms with Gasteiger partial charge < -0.3 is 10.8 Å². The van der Waals surface area contributed by atoms with E-state index >= 15 is 0 Å². The van der Waals surface area contributed by atoms with Crippen LogP contribution in [-0.4, -0.2) is 33.7 Å². The number of aliphatic hydroxyl groups excluding tert-OH is 1. The number of carbonyl (C=O) groups is 1. The monoisotopic (exact) mass is 419 g/mol. The predicted molar refractivity (Wildman–Crippen MR) is 110 cm³/mol. The minimum Gasteiger partial charge on any atom is -0.383 e. The number of halogens is 2. The third kappa shape index (κ3) is 4.19. The van der Waals surface area contributed by atoms with E-state index in [9.17, 15) is 18.7 Å². The molecule has 3 N–H and O–H groups in total. The molecule has 2 aromatic rings. The molecule has 3 rings (SSSR count). The number of carbonyl (C=O) groups excluding carboxylic acids is 1. The summed E-state index contributed by atoms with van der Waals surface area (Å²) >= 11 is 1.17. The molecule has 0 aromatic heterocycles. The van der Waals surface area contributed by atoms with Gasteiger partial charge in [-0.25, -0.2) is 13.8 Å². The first-order chi connectivity index (χ1) is 13.9. The van der Waals surface area contributed by atoms with Crippen molar-refractivity contribution in [2.75, 3.05) is 6.54 Å². The number of aliphatic hydroxyl groups is 1.